The third-order valence-corrected chi connectivity index (χ3v) is 4.58. The number of hydrogen-bond donors (Lipinski definition) is 1. The van der Waals surface area contributed by atoms with E-state index >= 15 is 0 Å². The quantitative estimate of drug-likeness (QED) is 0.795. The number of nitrogens with zero attached hydrogens (tertiary/aromatic N) is 1. The molecule has 0 spiro atoms. The molecule has 0 aromatic carbocycles. The van der Waals surface area contributed by atoms with Crippen LogP contribution in [0.1, 0.15) is 39.5 Å². The highest BCUT2D eigenvalue weighted by molar-refractivity contribution is 7.88. The van der Waals surface area contributed by atoms with E-state index < -0.39 is 10.0 Å². The molecular formula is C11H24N2O2S. The van der Waals surface area contributed by atoms with Crippen molar-refractivity contribution in [3.05, 3.63) is 0 Å². The van der Waals surface area contributed by atoms with E-state index in [0.717, 1.165) is 25.7 Å². The molecule has 0 amide bonds. The minimum Gasteiger partial charge on any atom is -0.310 e. The van der Waals surface area contributed by atoms with Gasteiger partial charge in [0.05, 0.1) is 6.26 Å². The molecular weight excluding hydrogens is 224 g/mol. The number of rotatable bonds is 5. The van der Waals surface area contributed by atoms with E-state index in [-0.39, 0.29) is 0 Å². The minimum atomic E-state index is -3.01. The fourth-order valence-electron chi connectivity index (χ4n) is 2.24. The molecule has 1 unspecified atom stereocenters. The van der Waals surface area contributed by atoms with Crippen LogP contribution in [0.4, 0.5) is 0 Å². The standard InChI is InChI=1S/C11H24N2O2S/c1-4-10(5-2)12-11-7-6-8-13(9-11)16(3,14)15/h10-12H,4-9H2,1-3H3. The average Bonchev–Trinajstić information content (AvgIpc) is 2.25. The SMILES string of the molecule is CCC(CC)NC1CCCN(S(C)(=O)=O)C1. The Balaban J connectivity index is 2.51. The van der Waals surface area contributed by atoms with Crippen molar-refractivity contribution in [1.29, 1.82) is 0 Å². The van der Waals surface area contributed by atoms with Gasteiger partial charge < -0.3 is 5.32 Å². The van der Waals surface area contributed by atoms with E-state index in [1.165, 1.54) is 6.26 Å². The molecule has 0 aliphatic carbocycles. The van der Waals surface area contributed by atoms with Gasteiger partial charge in [0.1, 0.15) is 0 Å². The molecule has 1 rings (SSSR count). The first-order chi connectivity index (χ1) is 7.47. The van der Waals surface area contributed by atoms with Gasteiger partial charge in [-0.25, -0.2) is 12.7 Å². The molecule has 16 heavy (non-hydrogen) atoms. The molecule has 0 aromatic rings. The Morgan fingerprint density at radius 3 is 2.50 bits per heavy atom. The minimum absolute atomic E-state index is 0.327. The Bertz CT molecular complexity index is 299. The molecule has 96 valence electrons. The van der Waals surface area contributed by atoms with Crippen LogP contribution in [0.5, 0.6) is 0 Å². The Morgan fingerprint density at radius 1 is 1.38 bits per heavy atom. The number of piperidine rings is 1. The fraction of sp³-hybridized carbons (Fsp3) is 1.00. The summed E-state index contributed by atoms with van der Waals surface area (Å²) in [6.07, 6.45) is 5.55. The Kier molecular flexibility index (Phi) is 5.21. The lowest BCUT2D eigenvalue weighted by Gasteiger charge is -2.33. The van der Waals surface area contributed by atoms with Gasteiger partial charge >= 0.3 is 0 Å². The van der Waals surface area contributed by atoms with Crippen molar-refractivity contribution in [2.24, 2.45) is 0 Å². The highest BCUT2D eigenvalue weighted by Crippen LogP contribution is 2.14. The van der Waals surface area contributed by atoms with Gasteiger partial charge in [-0.1, -0.05) is 13.8 Å². The van der Waals surface area contributed by atoms with Crippen molar-refractivity contribution in [3.63, 3.8) is 0 Å². The topological polar surface area (TPSA) is 49.4 Å². The van der Waals surface area contributed by atoms with Crippen LogP contribution in [-0.4, -0.2) is 44.2 Å². The van der Waals surface area contributed by atoms with Gasteiger partial charge in [-0.3, -0.25) is 0 Å². The van der Waals surface area contributed by atoms with E-state index in [1.807, 2.05) is 0 Å². The molecule has 1 aliphatic heterocycles. The Morgan fingerprint density at radius 2 is 2.00 bits per heavy atom. The van der Waals surface area contributed by atoms with E-state index in [1.54, 1.807) is 4.31 Å². The summed E-state index contributed by atoms with van der Waals surface area (Å²) in [6, 6.07) is 0.845. The number of nitrogens with one attached hydrogen (secondary N) is 1. The van der Waals surface area contributed by atoms with Crippen LogP contribution in [0, 0.1) is 0 Å². The second-order valence-electron chi connectivity index (χ2n) is 4.64. The first-order valence-electron chi connectivity index (χ1n) is 6.18. The molecule has 5 heteroatoms. The lowest BCUT2D eigenvalue weighted by atomic mass is 10.0. The second kappa shape index (κ2) is 5.98. The molecule has 1 saturated heterocycles. The van der Waals surface area contributed by atoms with Crippen molar-refractivity contribution in [1.82, 2.24) is 9.62 Å². The molecule has 0 bridgehead atoms. The van der Waals surface area contributed by atoms with Gasteiger partial charge in [-0.2, -0.15) is 0 Å². The van der Waals surface area contributed by atoms with Gasteiger partial charge in [0, 0.05) is 25.2 Å². The maximum Gasteiger partial charge on any atom is 0.211 e. The Hall–Kier alpha value is -0.130. The average molecular weight is 248 g/mol. The molecule has 1 atom stereocenters. The molecule has 1 N–H and O–H groups in total. The van der Waals surface area contributed by atoms with Crippen LogP contribution in [0.3, 0.4) is 0 Å². The molecule has 0 aromatic heterocycles. The molecule has 1 heterocycles. The van der Waals surface area contributed by atoms with Crippen LogP contribution in [0.2, 0.25) is 0 Å². The normalized spacial score (nSPS) is 23.9. The summed E-state index contributed by atoms with van der Waals surface area (Å²) in [5.74, 6) is 0. The lowest BCUT2D eigenvalue weighted by molar-refractivity contribution is 0.263. The van der Waals surface area contributed by atoms with Gasteiger partial charge in [-0.05, 0) is 25.7 Å². The van der Waals surface area contributed by atoms with E-state index in [9.17, 15) is 8.42 Å². The van der Waals surface area contributed by atoms with Crippen LogP contribution >= 0.6 is 0 Å². The van der Waals surface area contributed by atoms with Crippen LogP contribution in [-0.2, 0) is 10.0 Å². The summed E-state index contributed by atoms with van der Waals surface area (Å²) < 4.78 is 24.5. The maximum atomic E-state index is 11.5. The number of sulfonamides is 1. The molecule has 4 nitrogen and oxygen atoms in total. The third kappa shape index (κ3) is 4.03. The first kappa shape index (κ1) is 13.9. The van der Waals surface area contributed by atoms with E-state index in [2.05, 4.69) is 19.2 Å². The summed E-state index contributed by atoms with van der Waals surface area (Å²) in [5.41, 5.74) is 0. The van der Waals surface area contributed by atoms with Crippen molar-refractivity contribution in [2.45, 2.75) is 51.6 Å². The Labute approximate surface area is 99.5 Å². The van der Waals surface area contributed by atoms with Crippen LogP contribution in [0.25, 0.3) is 0 Å². The summed E-state index contributed by atoms with van der Waals surface area (Å²) in [4.78, 5) is 0. The molecule has 0 radical (unpaired) electrons. The predicted molar refractivity (Wildman–Crippen MR) is 66.9 cm³/mol. The largest absolute Gasteiger partial charge is 0.310 e. The smallest absolute Gasteiger partial charge is 0.211 e. The summed E-state index contributed by atoms with van der Waals surface area (Å²) in [5, 5.41) is 3.55. The zero-order valence-corrected chi connectivity index (χ0v) is 11.4. The molecule has 1 fully saturated rings. The van der Waals surface area contributed by atoms with Crippen LogP contribution < -0.4 is 5.32 Å². The highest BCUT2D eigenvalue weighted by atomic mass is 32.2. The lowest BCUT2D eigenvalue weighted by Crippen LogP contribution is -2.50. The third-order valence-electron chi connectivity index (χ3n) is 3.31. The second-order valence-corrected chi connectivity index (χ2v) is 6.62. The van der Waals surface area contributed by atoms with Gasteiger partial charge in [-0.15, -0.1) is 0 Å². The zero-order chi connectivity index (χ0) is 12.2. The summed E-state index contributed by atoms with van der Waals surface area (Å²) in [6.45, 7) is 5.64. The zero-order valence-electron chi connectivity index (χ0n) is 10.6. The van der Waals surface area contributed by atoms with Crippen molar-refractivity contribution in [2.75, 3.05) is 19.3 Å². The molecule has 0 saturated carbocycles. The van der Waals surface area contributed by atoms with Gasteiger partial charge in [0.2, 0.25) is 10.0 Å². The van der Waals surface area contributed by atoms with Crippen molar-refractivity contribution in [3.8, 4) is 0 Å². The summed E-state index contributed by atoms with van der Waals surface area (Å²) >= 11 is 0. The van der Waals surface area contributed by atoms with Gasteiger partial charge in [0.15, 0.2) is 0 Å². The van der Waals surface area contributed by atoms with Crippen molar-refractivity contribution >= 4 is 10.0 Å². The predicted octanol–water partition coefficient (Wildman–Crippen LogP) is 1.19. The molecule has 1 aliphatic rings. The van der Waals surface area contributed by atoms with Crippen LogP contribution in [0.15, 0.2) is 0 Å². The maximum absolute atomic E-state index is 11.5. The fourth-order valence-corrected chi connectivity index (χ4v) is 3.15. The van der Waals surface area contributed by atoms with E-state index in [4.69, 9.17) is 0 Å². The number of hydrogen-bond acceptors (Lipinski definition) is 3. The van der Waals surface area contributed by atoms with E-state index in [0.29, 0.717) is 25.2 Å². The van der Waals surface area contributed by atoms with Gasteiger partial charge in [0.25, 0.3) is 0 Å². The first-order valence-corrected chi connectivity index (χ1v) is 8.03. The highest BCUT2D eigenvalue weighted by Gasteiger charge is 2.26. The van der Waals surface area contributed by atoms with Crippen molar-refractivity contribution < 1.29 is 8.42 Å². The monoisotopic (exact) mass is 248 g/mol. The summed E-state index contributed by atoms with van der Waals surface area (Å²) in [7, 11) is -3.01.